The minimum Gasteiger partial charge on any atom is -0.326 e. The number of hydrogen-bond donors (Lipinski definition) is 2. The Bertz CT molecular complexity index is 606. The van der Waals surface area contributed by atoms with Crippen molar-refractivity contribution in [3.63, 3.8) is 0 Å². The first-order valence-corrected chi connectivity index (χ1v) is 8.00. The van der Waals surface area contributed by atoms with E-state index in [-0.39, 0.29) is 5.91 Å². The van der Waals surface area contributed by atoms with Gasteiger partial charge in [-0.05, 0) is 44.0 Å². The highest BCUT2D eigenvalue weighted by atomic mass is 32.1. The molecule has 1 amide bonds. The zero-order valence-electron chi connectivity index (χ0n) is 12.8. The van der Waals surface area contributed by atoms with Crippen LogP contribution in [0.15, 0.2) is 36.4 Å². The third-order valence-corrected chi connectivity index (χ3v) is 4.30. The van der Waals surface area contributed by atoms with Gasteiger partial charge in [-0.2, -0.15) is 0 Å². The fraction of sp³-hybridized carbons (Fsp3) is 0.353. The first-order valence-electron chi connectivity index (χ1n) is 7.19. The maximum Gasteiger partial charge on any atom is 0.221 e. The number of amides is 1. The highest BCUT2D eigenvalue weighted by Crippen LogP contribution is 2.18. The van der Waals surface area contributed by atoms with Gasteiger partial charge in [0.2, 0.25) is 5.91 Å². The number of hydrogen-bond acceptors (Lipinski definition) is 3. The molecule has 2 rings (SSSR count). The normalized spacial score (nSPS) is 12.1. The van der Waals surface area contributed by atoms with Crippen LogP contribution in [0.4, 0.5) is 5.69 Å². The number of anilines is 1. The van der Waals surface area contributed by atoms with E-state index in [1.165, 1.54) is 16.7 Å². The second kappa shape index (κ2) is 7.38. The van der Waals surface area contributed by atoms with Crippen LogP contribution in [0.2, 0.25) is 0 Å². The topological polar surface area (TPSA) is 41.1 Å². The third kappa shape index (κ3) is 4.99. The summed E-state index contributed by atoms with van der Waals surface area (Å²) in [6.07, 6.45) is 1.03. The predicted molar refractivity (Wildman–Crippen MR) is 89.8 cm³/mol. The molecule has 0 bridgehead atoms. The number of aryl methyl sites for hydroxylation is 1. The van der Waals surface area contributed by atoms with Crippen molar-refractivity contribution in [2.24, 2.45) is 0 Å². The van der Waals surface area contributed by atoms with Gasteiger partial charge < -0.3 is 10.6 Å². The third-order valence-electron chi connectivity index (χ3n) is 3.27. The van der Waals surface area contributed by atoms with Gasteiger partial charge in [0.25, 0.3) is 0 Å². The maximum absolute atomic E-state index is 11.2. The van der Waals surface area contributed by atoms with Crippen molar-refractivity contribution >= 4 is 22.9 Å². The van der Waals surface area contributed by atoms with Crippen molar-refractivity contribution in [3.05, 3.63) is 51.7 Å². The molecular weight excluding hydrogens is 280 g/mol. The molecule has 0 aliphatic carbocycles. The summed E-state index contributed by atoms with van der Waals surface area (Å²) in [6, 6.07) is 12.7. The van der Waals surface area contributed by atoms with Crippen molar-refractivity contribution in [2.45, 2.75) is 39.8 Å². The smallest absolute Gasteiger partial charge is 0.221 e. The molecule has 0 aliphatic heterocycles. The zero-order chi connectivity index (χ0) is 15.2. The molecule has 0 aliphatic rings. The minimum atomic E-state index is -0.0374. The van der Waals surface area contributed by atoms with Gasteiger partial charge in [-0.3, -0.25) is 4.79 Å². The standard InChI is InChI=1S/C17H22N2OS/c1-12(10-16-9-8-13(2)21-16)18-11-15-6-4-5-7-17(15)19-14(3)20/h4-9,12,18H,10-11H2,1-3H3,(H,19,20). The van der Waals surface area contributed by atoms with E-state index in [0.29, 0.717) is 6.04 Å². The van der Waals surface area contributed by atoms with E-state index < -0.39 is 0 Å². The Hall–Kier alpha value is -1.65. The predicted octanol–water partition coefficient (Wildman–Crippen LogP) is 3.74. The van der Waals surface area contributed by atoms with Crippen molar-refractivity contribution in [3.8, 4) is 0 Å². The highest BCUT2D eigenvalue weighted by molar-refractivity contribution is 7.11. The summed E-state index contributed by atoms with van der Waals surface area (Å²) < 4.78 is 0. The molecule has 1 heterocycles. The van der Waals surface area contributed by atoms with Crippen molar-refractivity contribution in [1.82, 2.24) is 5.32 Å². The summed E-state index contributed by atoms with van der Waals surface area (Å²) in [4.78, 5) is 14.0. The van der Waals surface area contributed by atoms with Gasteiger partial charge in [-0.15, -0.1) is 11.3 Å². The number of para-hydroxylation sites is 1. The Morgan fingerprint density at radius 1 is 1.24 bits per heavy atom. The van der Waals surface area contributed by atoms with Gasteiger partial charge in [0.05, 0.1) is 0 Å². The largest absolute Gasteiger partial charge is 0.326 e. The quantitative estimate of drug-likeness (QED) is 0.853. The van der Waals surface area contributed by atoms with E-state index in [1.54, 1.807) is 0 Å². The first kappa shape index (κ1) is 15.7. The van der Waals surface area contributed by atoms with Crippen molar-refractivity contribution in [2.75, 3.05) is 5.32 Å². The van der Waals surface area contributed by atoms with E-state index in [9.17, 15) is 4.79 Å². The lowest BCUT2D eigenvalue weighted by atomic mass is 10.1. The molecule has 2 aromatic rings. The van der Waals surface area contributed by atoms with Crippen LogP contribution in [0, 0.1) is 6.92 Å². The lowest BCUT2D eigenvalue weighted by Gasteiger charge is -2.15. The molecule has 112 valence electrons. The van der Waals surface area contributed by atoms with Crippen LogP contribution in [0.1, 0.15) is 29.2 Å². The minimum absolute atomic E-state index is 0.0374. The number of carbonyl (C=O) groups excluding carboxylic acids is 1. The van der Waals surface area contributed by atoms with Gasteiger partial charge in [-0.25, -0.2) is 0 Å². The molecule has 2 N–H and O–H groups in total. The first-order chi connectivity index (χ1) is 10.0. The van der Waals surface area contributed by atoms with Gasteiger partial charge in [0.1, 0.15) is 0 Å². The monoisotopic (exact) mass is 302 g/mol. The van der Waals surface area contributed by atoms with Crippen LogP contribution in [-0.4, -0.2) is 11.9 Å². The van der Waals surface area contributed by atoms with Crippen LogP contribution in [-0.2, 0) is 17.8 Å². The number of thiophene rings is 1. The lowest BCUT2D eigenvalue weighted by molar-refractivity contribution is -0.114. The number of benzene rings is 1. The van der Waals surface area contributed by atoms with E-state index in [1.807, 2.05) is 35.6 Å². The number of carbonyl (C=O) groups is 1. The van der Waals surface area contributed by atoms with Crippen LogP contribution < -0.4 is 10.6 Å². The van der Waals surface area contributed by atoms with Crippen LogP contribution in [0.25, 0.3) is 0 Å². The number of nitrogens with one attached hydrogen (secondary N) is 2. The summed E-state index contributed by atoms with van der Waals surface area (Å²) in [5.41, 5.74) is 2.00. The van der Waals surface area contributed by atoms with Gasteiger partial charge >= 0.3 is 0 Å². The summed E-state index contributed by atoms with van der Waals surface area (Å²) in [6.45, 7) is 6.61. The summed E-state index contributed by atoms with van der Waals surface area (Å²) >= 11 is 1.85. The molecular formula is C17H22N2OS. The molecule has 0 radical (unpaired) electrons. The molecule has 0 saturated heterocycles. The molecule has 0 spiro atoms. The zero-order valence-corrected chi connectivity index (χ0v) is 13.6. The van der Waals surface area contributed by atoms with Gasteiger partial charge in [-0.1, -0.05) is 18.2 Å². The van der Waals surface area contributed by atoms with E-state index in [0.717, 1.165) is 24.2 Å². The SMILES string of the molecule is CC(=O)Nc1ccccc1CNC(C)Cc1ccc(C)s1. The Kier molecular flexibility index (Phi) is 5.53. The highest BCUT2D eigenvalue weighted by Gasteiger charge is 2.07. The fourth-order valence-electron chi connectivity index (χ4n) is 2.24. The van der Waals surface area contributed by atoms with Crippen molar-refractivity contribution in [1.29, 1.82) is 0 Å². The van der Waals surface area contributed by atoms with Crippen molar-refractivity contribution < 1.29 is 4.79 Å². The molecule has 1 aromatic heterocycles. The summed E-state index contributed by atoms with van der Waals surface area (Å²) in [5.74, 6) is -0.0374. The average molecular weight is 302 g/mol. The Labute approximate surface area is 130 Å². The lowest BCUT2D eigenvalue weighted by Crippen LogP contribution is -2.27. The second-order valence-electron chi connectivity index (χ2n) is 5.34. The van der Waals surface area contributed by atoms with E-state index in [2.05, 4.69) is 36.6 Å². The molecule has 1 aromatic carbocycles. The fourth-order valence-corrected chi connectivity index (χ4v) is 3.26. The van der Waals surface area contributed by atoms with Gasteiger partial charge in [0, 0.05) is 35.0 Å². The van der Waals surface area contributed by atoms with Crippen LogP contribution in [0.5, 0.6) is 0 Å². The summed E-state index contributed by atoms with van der Waals surface area (Å²) in [7, 11) is 0. The molecule has 1 atom stereocenters. The van der Waals surface area contributed by atoms with E-state index in [4.69, 9.17) is 0 Å². The Balaban J connectivity index is 1.91. The average Bonchev–Trinajstić information content (AvgIpc) is 2.82. The molecule has 21 heavy (non-hydrogen) atoms. The molecule has 4 heteroatoms. The van der Waals surface area contributed by atoms with E-state index >= 15 is 0 Å². The van der Waals surface area contributed by atoms with Gasteiger partial charge in [0.15, 0.2) is 0 Å². The molecule has 3 nitrogen and oxygen atoms in total. The molecule has 0 saturated carbocycles. The Morgan fingerprint density at radius 3 is 2.67 bits per heavy atom. The van der Waals surface area contributed by atoms with Crippen LogP contribution >= 0.6 is 11.3 Å². The number of rotatable bonds is 6. The summed E-state index contributed by atoms with van der Waals surface area (Å²) in [5, 5.41) is 6.40. The van der Waals surface area contributed by atoms with Crippen LogP contribution in [0.3, 0.4) is 0 Å². The molecule has 1 unspecified atom stereocenters. The second-order valence-corrected chi connectivity index (χ2v) is 6.71. The Morgan fingerprint density at radius 2 is 2.00 bits per heavy atom. The maximum atomic E-state index is 11.2. The molecule has 0 fully saturated rings.